The number of morpholine rings is 1. The molecule has 0 aromatic heterocycles. The van der Waals surface area contributed by atoms with E-state index in [1.807, 2.05) is 18.2 Å². The van der Waals surface area contributed by atoms with Crippen LogP contribution in [-0.4, -0.2) is 47.2 Å². The van der Waals surface area contributed by atoms with Crippen molar-refractivity contribution in [2.45, 2.75) is 4.90 Å². The highest BCUT2D eigenvalue weighted by atomic mass is 32.2. The number of nitrogens with zero attached hydrogens (tertiary/aromatic N) is 1. The third-order valence-electron chi connectivity index (χ3n) is 4.25. The molecule has 1 heterocycles. The molecule has 1 aliphatic heterocycles. The summed E-state index contributed by atoms with van der Waals surface area (Å²) in [5, 5.41) is 2.82. The predicted octanol–water partition coefficient (Wildman–Crippen LogP) is 1.69. The molecule has 2 aromatic carbocycles. The molecule has 0 atom stereocenters. The van der Waals surface area contributed by atoms with Gasteiger partial charge in [-0.25, -0.2) is 8.42 Å². The van der Waals surface area contributed by atoms with Crippen LogP contribution in [0, 0.1) is 12.3 Å². The van der Waals surface area contributed by atoms with Crippen LogP contribution in [0.25, 0.3) is 0 Å². The minimum Gasteiger partial charge on any atom is -0.378 e. The molecule has 28 heavy (non-hydrogen) atoms. The quantitative estimate of drug-likeness (QED) is 0.722. The zero-order valence-corrected chi connectivity index (χ0v) is 16.0. The van der Waals surface area contributed by atoms with Crippen molar-refractivity contribution >= 4 is 27.3 Å². The van der Waals surface area contributed by atoms with Gasteiger partial charge in [0, 0.05) is 30.0 Å². The average Bonchev–Trinajstić information content (AvgIpc) is 2.73. The molecule has 1 amide bonds. The van der Waals surface area contributed by atoms with Crippen molar-refractivity contribution < 1.29 is 17.9 Å². The molecule has 7 nitrogen and oxygen atoms in total. The molecule has 2 aromatic rings. The van der Waals surface area contributed by atoms with Crippen LogP contribution in [0.15, 0.2) is 53.4 Å². The highest BCUT2D eigenvalue weighted by Crippen LogP contribution is 2.21. The van der Waals surface area contributed by atoms with Gasteiger partial charge in [0.05, 0.1) is 24.7 Å². The minimum atomic E-state index is -3.76. The van der Waals surface area contributed by atoms with E-state index in [-0.39, 0.29) is 17.0 Å². The fourth-order valence-corrected chi connectivity index (χ4v) is 3.81. The first-order valence-corrected chi connectivity index (χ1v) is 10.3. The molecule has 0 radical (unpaired) electrons. The van der Waals surface area contributed by atoms with Crippen LogP contribution in [0.2, 0.25) is 0 Å². The van der Waals surface area contributed by atoms with Crippen LogP contribution >= 0.6 is 0 Å². The number of amides is 1. The highest BCUT2D eigenvalue weighted by Gasteiger charge is 2.16. The number of nitrogens with one attached hydrogen (secondary N) is 2. The van der Waals surface area contributed by atoms with Gasteiger partial charge in [-0.1, -0.05) is 18.1 Å². The molecular weight excluding hydrogens is 378 g/mol. The Labute approximate surface area is 164 Å². The summed E-state index contributed by atoms with van der Waals surface area (Å²) in [6.07, 6.45) is 5.09. The number of hydrogen-bond donors (Lipinski definition) is 2. The van der Waals surface area contributed by atoms with E-state index < -0.39 is 15.9 Å². The summed E-state index contributed by atoms with van der Waals surface area (Å²) >= 11 is 0. The Morgan fingerprint density at radius 2 is 1.89 bits per heavy atom. The molecule has 146 valence electrons. The summed E-state index contributed by atoms with van der Waals surface area (Å²) < 4.78 is 32.0. The van der Waals surface area contributed by atoms with Crippen molar-refractivity contribution in [3.63, 3.8) is 0 Å². The highest BCUT2D eigenvalue weighted by molar-refractivity contribution is 7.89. The fraction of sp³-hybridized carbons (Fsp3) is 0.250. The number of rotatable bonds is 6. The first kappa shape index (κ1) is 19.9. The van der Waals surface area contributed by atoms with Gasteiger partial charge in [0.15, 0.2) is 0 Å². The molecule has 0 saturated carbocycles. The Hall–Kier alpha value is -2.86. The van der Waals surface area contributed by atoms with Gasteiger partial charge in [-0.15, -0.1) is 6.42 Å². The number of anilines is 2. The van der Waals surface area contributed by atoms with Crippen molar-refractivity contribution in [2.75, 3.05) is 43.1 Å². The van der Waals surface area contributed by atoms with Gasteiger partial charge < -0.3 is 15.0 Å². The Kier molecular flexibility index (Phi) is 6.31. The second-order valence-corrected chi connectivity index (χ2v) is 7.93. The summed E-state index contributed by atoms with van der Waals surface area (Å²) in [7, 11) is -3.76. The van der Waals surface area contributed by atoms with Gasteiger partial charge in [-0.2, -0.15) is 4.72 Å². The van der Waals surface area contributed by atoms with Crippen LogP contribution in [0.1, 0.15) is 10.4 Å². The Bertz CT molecular complexity index is 993. The smallest absolute Gasteiger partial charge is 0.255 e. The lowest BCUT2D eigenvalue weighted by molar-refractivity contribution is 0.102. The molecule has 0 aliphatic carbocycles. The number of carbonyl (C=O) groups excluding carboxylic acids is 1. The van der Waals surface area contributed by atoms with E-state index >= 15 is 0 Å². The Morgan fingerprint density at radius 1 is 1.14 bits per heavy atom. The van der Waals surface area contributed by atoms with Gasteiger partial charge in [0.2, 0.25) is 10.0 Å². The number of benzene rings is 2. The van der Waals surface area contributed by atoms with E-state index in [2.05, 4.69) is 20.9 Å². The number of terminal acetylenes is 1. The lowest BCUT2D eigenvalue weighted by atomic mass is 10.2. The van der Waals surface area contributed by atoms with E-state index in [1.165, 1.54) is 18.2 Å². The maximum atomic E-state index is 12.6. The van der Waals surface area contributed by atoms with Crippen LogP contribution in [0.5, 0.6) is 0 Å². The summed E-state index contributed by atoms with van der Waals surface area (Å²) in [4.78, 5) is 14.8. The zero-order chi connectivity index (χ0) is 20.0. The van der Waals surface area contributed by atoms with Crippen molar-refractivity contribution in [3.8, 4) is 12.3 Å². The predicted molar refractivity (Wildman–Crippen MR) is 108 cm³/mol. The van der Waals surface area contributed by atoms with Crippen LogP contribution in [0.3, 0.4) is 0 Å². The molecule has 0 spiro atoms. The van der Waals surface area contributed by atoms with E-state index in [0.717, 1.165) is 18.8 Å². The largest absolute Gasteiger partial charge is 0.378 e. The first-order valence-electron chi connectivity index (χ1n) is 8.77. The van der Waals surface area contributed by atoms with Crippen LogP contribution < -0.4 is 14.9 Å². The van der Waals surface area contributed by atoms with Gasteiger partial charge in [0.1, 0.15) is 0 Å². The maximum Gasteiger partial charge on any atom is 0.255 e. The minimum absolute atomic E-state index is 0.0162. The maximum absolute atomic E-state index is 12.6. The molecular formula is C20H21N3O4S. The molecule has 0 unspecified atom stereocenters. The summed E-state index contributed by atoms with van der Waals surface area (Å²) in [5.41, 5.74) is 1.86. The molecule has 8 heteroatoms. The second kappa shape index (κ2) is 8.89. The van der Waals surface area contributed by atoms with Crippen molar-refractivity contribution in [1.82, 2.24) is 4.72 Å². The molecule has 0 bridgehead atoms. The SMILES string of the molecule is C#CCNS(=O)(=O)c1cccc(C(=O)Nc2cccc(N3CCOCC3)c2)c1. The first-order chi connectivity index (χ1) is 13.5. The topological polar surface area (TPSA) is 87.7 Å². The Morgan fingerprint density at radius 3 is 2.64 bits per heavy atom. The van der Waals surface area contributed by atoms with Crippen LogP contribution in [-0.2, 0) is 14.8 Å². The van der Waals surface area contributed by atoms with E-state index in [0.29, 0.717) is 18.9 Å². The fourth-order valence-electron chi connectivity index (χ4n) is 2.83. The van der Waals surface area contributed by atoms with Gasteiger partial charge >= 0.3 is 0 Å². The Balaban J connectivity index is 1.75. The van der Waals surface area contributed by atoms with Crippen molar-refractivity contribution in [1.29, 1.82) is 0 Å². The number of hydrogen-bond acceptors (Lipinski definition) is 5. The molecule has 1 saturated heterocycles. The summed E-state index contributed by atoms with van der Waals surface area (Å²) in [5.74, 6) is 1.82. The van der Waals surface area contributed by atoms with Gasteiger partial charge in [-0.05, 0) is 36.4 Å². The monoisotopic (exact) mass is 399 g/mol. The van der Waals surface area contributed by atoms with Gasteiger partial charge in [0.25, 0.3) is 5.91 Å². The molecule has 3 rings (SSSR count). The standard InChI is InChI=1S/C20H21N3O4S/c1-2-9-21-28(25,26)19-8-3-5-16(14-19)20(24)22-17-6-4-7-18(15-17)23-10-12-27-13-11-23/h1,3-8,14-15,21H,9-13H2,(H,22,24). The third-order valence-corrected chi connectivity index (χ3v) is 5.65. The van der Waals surface area contributed by atoms with E-state index in [4.69, 9.17) is 11.2 Å². The molecule has 1 fully saturated rings. The van der Waals surface area contributed by atoms with Crippen molar-refractivity contribution in [2.24, 2.45) is 0 Å². The summed E-state index contributed by atoms with van der Waals surface area (Å²) in [6.45, 7) is 2.81. The third kappa shape index (κ3) is 4.89. The summed E-state index contributed by atoms with van der Waals surface area (Å²) in [6, 6.07) is 13.3. The second-order valence-electron chi connectivity index (χ2n) is 6.16. The van der Waals surface area contributed by atoms with Crippen LogP contribution in [0.4, 0.5) is 11.4 Å². The van der Waals surface area contributed by atoms with E-state index in [1.54, 1.807) is 12.1 Å². The molecule has 1 aliphatic rings. The average molecular weight is 399 g/mol. The lowest BCUT2D eigenvalue weighted by Crippen LogP contribution is -2.36. The van der Waals surface area contributed by atoms with E-state index in [9.17, 15) is 13.2 Å². The number of ether oxygens (including phenoxy) is 1. The normalized spacial score (nSPS) is 14.3. The lowest BCUT2D eigenvalue weighted by Gasteiger charge is -2.29. The number of sulfonamides is 1. The molecule has 2 N–H and O–H groups in total. The zero-order valence-electron chi connectivity index (χ0n) is 15.2. The number of carbonyl (C=O) groups is 1. The van der Waals surface area contributed by atoms with Crippen molar-refractivity contribution in [3.05, 3.63) is 54.1 Å². The van der Waals surface area contributed by atoms with Gasteiger partial charge in [-0.3, -0.25) is 4.79 Å².